The van der Waals surface area contributed by atoms with Gasteiger partial charge in [-0.2, -0.15) is 0 Å². The molecule has 0 aliphatic carbocycles. The molecule has 11 heavy (non-hydrogen) atoms. The molecule has 1 N–H and O–H groups in total. The largest absolute Gasteiger partial charge is 0.480 e. The van der Waals surface area contributed by atoms with E-state index in [0.717, 1.165) is 0 Å². The zero-order chi connectivity index (χ0) is 9.07. The maximum Gasteiger partial charge on any atom is 0.323 e. The molecule has 0 heterocycles. The zero-order valence-electron chi connectivity index (χ0n) is 7.29. The molecule has 3 nitrogen and oxygen atoms in total. The second-order valence-electron chi connectivity index (χ2n) is 3.03. The van der Waals surface area contributed by atoms with Crippen LogP contribution in [0.2, 0.25) is 0 Å². The Balaban J connectivity index is 4.28. The van der Waals surface area contributed by atoms with E-state index in [1.54, 1.807) is 31.9 Å². The average Bonchev–Trinajstić information content (AvgIpc) is 1.88. The van der Waals surface area contributed by atoms with Gasteiger partial charge in [0.25, 0.3) is 0 Å². The van der Waals surface area contributed by atoms with Crippen LogP contribution < -0.4 is 0 Å². The highest BCUT2D eigenvalue weighted by Crippen LogP contribution is 2.11. The minimum atomic E-state index is -0.818. The van der Waals surface area contributed by atoms with Crippen molar-refractivity contribution >= 4 is 5.97 Å². The van der Waals surface area contributed by atoms with Crippen LogP contribution in [-0.2, 0) is 4.79 Å². The van der Waals surface area contributed by atoms with Crippen LogP contribution in [0.3, 0.4) is 0 Å². The van der Waals surface area contributed by atoms with Crippen LogP contribution >= 0.6 is 0 Å². The number of hydrogen-bond donors (Lipinski definition) is 1. The van der Waals surface area contributed by atoms with Crippen LogP contribution in [0.15, 0.2) is 12.7 Å². The molecule has 0 saturated heterocycles. The lowest BCUT2D eigenvalue weighted by molar-refractivity contribution is -0.148. The van der Waals surface area contributed by atoms with Gasteiger partial charge in [-0.15, -0.1) is 6.58 Å². The van der Waals surface area contributed by atoms with Gasteiger partial charge >= 0.3 is 5.97 Å². The normalized spacial score (nSPS) is 11.6. The molecular weight excluding hydrogens is 142 g/mol. The van der Waals surface area contributed by atoms with Crippen LogP contribution in [0.4, 0.5) is 0 Å². The molecule has 0 amide bonds. The van der Waals surface area contributed by atoms with Gasteiger partial charge in [0.2, 0.25) is 0 Å². The molecule has 0 aliphatic heterocycles. The zero-order valence-corrected chi connectivity index (χ0v) is 7.29. The summed E-state index contributed by atoms with van der Waals surface area (Å²) in [5.41, 5.74) is -0.811. The van der Waals surface area contributed by atoms with E-state index < -0.39 is 11.5 Å². The summed E-state index contributed by atoms with van der Waals surface area (Å²) in [4.78, 5) is 12.4. The number of likely N-dealkylation sites (N-methyl/N-ethyl adjacent to an activating group) is 1. The fourth-order valence-corrected chi connectivity index (χ4v) is 0.585. The fourth-order valence-electron chi connectivity index (χ4n) is 0.585. The summed E-state index contributed by atoms with van der Waals surface area (Å²) in [5.74, 6) is -0.818. The monoisotopic (exact) mass is 157 g/mol. The van der Waals surface area contributed by atoms with Gasteiger partial charge in [0, 0.05) is 6.54 Å². The Hall–Kier alpha value is -0.830. The summed E-state index contributed by atoms with van der Waals surface area (Å²) in [5, 5.41) is 8.76. The molecule has 0 atom stereocenters. The van der Waals surface area contributed by atoms with Gasteiger partial charge in [-0.25, -0.2) is 0 Å². The van der Waals surface area contributed by atoms with Gasteiger partial charge in [-0.1, -0.05) is 6.08 Å². The van der Waals surface area contributed by atoms with Crippen molar-refractivity contribution < 1.29 is 9.90 Å². The first-order chi connectivity index (χ1) is 4.92. The molecule has 0 rings (SSSR count). The quantitative estimate of drug-likeness (QED) is 0.618. The van der Waals surface area contributed by atoms with E-state index >= 15 is 0 Å². The number of aliphatic carboxylic acids is 1. The van der Waals surface area contributed by atoms with Gasteiger partial charge in [0.1, 0.15) is 5.54 Å². The Kier molecular flexibility index (Phi) is 3.26. The van der Waals surface area contributed by atoms with E-state index in [4.69, 9.17) is 5.11 Å². The van der Waals surface area contributed by atoms with Crippen LogP contribution in [-0.4, -0.2) is 35.1 Å². The van der Waals surface area contributed by atoms with Crippen LogP contribution in [0, 0.1) is 0 Å². The molecule has 0 unspecified atom stereocenters. The number of carbonyl (C=O) groups is 1. The summed E-state index contributed by atoms with van der Waals surface area (Å²) in [6.45, 7) is 7.45. The molecule has 64 valence electrons. The molecule has 0 aromatic heterocycles. The highest BCUT2D eigenvalue weighted by Gasteiger charge is 2.30. The lowest BCUT2D eigenvalue weighted by Gasteiger charge is -2.30. The van der Waals surface area contributed by atoms with Crippen LogP contribution in [0.1, 0.15) is 13.8 Å². The summed E-state index contributed by atoms with van der Waals surface area (Å²) < 4.78 is 0. The number of nitrogens with zero attached hydrogens (tertiary/aromatic N) is 1. The molecule has 3 heteroatoms. The number of hydrogen-bond acceptors (Lipinski definition) is 2. The minimum Gasteiger partial charge on any atom is -0.480 e. The van der Waals surface area contributed by atoms with E-state index in [2.05, 4.69) is 6.58 Å². The Morgan fingerprint density at radius 1 is 1.73 bits per heavy atom. The van der Waals surface area contributed by atoms with Crippen LogP contribution in [0.5, 0.6) is 0 Å². The summed E-state index contributed by atoms with van der Waals surface area (Å²) in [7, 11) is 1.76. The van der Waals surface area contributed by atoms with E-state index in [1.807, 2.05) is 0 Å². The summed E-state index contributed by atoms with van der Waals surface area (Å²) in [6.07, 6.45) is 1.69. The predicted octanol–water partition coefficient (Wildman–Crippen LogP) is 0.967. The molecule has 0 aliphatic rings. The first-order valence-corrected chi connectivity index (χ1v) is 3.48. The summed E-state index contributed by atoms with van der Waals surface area (Å²) in [6, 6.07) is 0. The maximum atomic E-state index is 10.7. The standard InChI is InChI=1S/C8H15NO2/c1-5-6-9(4)8(2,3)7(10)11/h5H,1,6H2,2-4H3,(H,10,11). The second kappa shape index (κ2) is 3.53. The average molecular weight is 157 g/mol. The molecule has 0 spiro atoms. The van der Waals surface area contributed by atoms with E-state index in [-0.39, 0.29) is 0 Å². The molecule has 0 saturated carbocycles. The van der Waals surface area contributed by atoms with Crippen molar-refractivity contribution in [1.82, 2.24) is 4.90 Å². The van der Waals surface area contributed by atoms with Crippen LogP contribution in [0.25, 0.3) is 0 Å². The number of rotatable bonds is 4. The molecular formula is C8H15NO2. The third-order valence-electron chi connectivity index (χ3n) is 1.88. The SMILES string of the molecule is C=CCN(C)C(C)(C)C(=O)O. The number of carboxylic acids is 1. The molecule has 0 aromatic carbocycles. The molecule has 0 aromatic rings. The van der Waals surface area contributed by atoms with E-state index in [0.29, 0.717) is 6.54 Å². The smallest absolute Gasteiger partial charge is 0.323 e. The lowest BCUT2D eigenvalue weighted by Crippen LogP contribution is -2.47. The van der Waals surface area contributed by atoms with Crippen molar-refractivity contribution in [2.75, 3.05) is 13.6 Å². The number of carboxylic acid groups (broad SMARTS) is 1. The fraction of sp³-hybridized carbons (Fsp3) is 0.625. The highest BCUT2D eigenvalue weighted by atomic mass is 16.4. The van der Waals surface area contributed by atoms with Crippen molar-refractivity contribution in [2.45, 2.75) is 19.4 Å². The van der Waals surface area contributed by atoms with Crippen molar-refractivity contribution in [3.63, 3.8) is 0 Å². The van der Waals surface area contributed by atoms with Gasteiger partial charge in [-0.05, 0) is 20.9 Å². The topological polar surface area (TPSA) is 40.5 Å². The first-order valence-electron chi connectivity index (χ1n) is 3.48. The second-order valence-corrected chi connectivity index (χ2v) is 3.03. The third kappa shape index (κ3) is 2.35. The van der Waals surface area contributed by atoms with Gasteiger partial charge in [-0.3, -0.25) is 9.69 Å². The maximum absolute atomic E-state index is 10.7. The Morgan fingerprint density at radius 3 is 2.45 bits per heavy atom. The van der Waals surface area contributed by atoms with Gasteiger partial charge in [0.05, 0.1) is 0 Å². The van der Waals surface area contributed by atoms with Crippen molar-refractivity contribution in [1.29, 1.82) is 0 Å². The minimum absolute atomic E-state index is 0.583. The molecule has 0 bridgehead atoms. The predicted molar refractivity (Wildman–Crippen MR) is 44.5 cm³/mol. The Bertz CT molecular complexity index is 163. The van der Waals surface area contributed by atoms with Gasteiger partial charge in [0.15, 0.2) is 0 Å². The highest BCUT2D eigenvalue weighted by molar-refractivity contribution is 5.77. The molecule has 0 fully saturated rings. The van der Waals surface area contributed by atoms with E-state index in [9.17, 15) is 4.79 Å². The van der Waals surface area contributed by atoms with E-state index in [1.165, 1.54) is 0 Å². The Labute approximate surface area is 67.3 Å². The lowest BCUT2D eigenvalue weighted by atomic mass is 10.0. The third-order valence-corrected chi connectivity index (χ3v) is 1.88. The van der Waals surface area contributed by atoms with Crippen molar-refractivity contribution in [2.24, 2.45) is 0 Å². The summed E-state index contributed by atoms with van der Waals surface area (Å²) >= 11 is 0. The van der Waals surface area contributed by atoms with Gasteiger partial charge < -0.3 is 5.11 Å². The Morgan fingerprint density at radius 2 is 2.18 bits per heavy atom. The molecule has 0 radical (unpaired) electrons. The first kappa shape index (κ1) is 10.2. The van der Waals surface area contributed by atoms with Crippen molar-refractivity contribution in [3.8, 4) is 0 Å². The van der Waals surface area contributed by atoms with Crippen molar-refractivity contribution in [3.05, 3.63) is 12.7 Å².